The largest absolute Gasteiger partial charge is 0.478 e. The Morgan fingerprint density at radius 2 is 2.17 bits per heavy atom. The van der Waals surface area contributed by atoms with Crippen LogP contribution in [0.15, 0.2) is 11.8 Å². The summed E-state index contributed by atoms with van der Waals surface area (Å²) in [5.41, 5.74) is 1.90. The van der Waals surface area contributed by atoms with Crippen molar-refractivity contribution in [3.8, 4) is 0 Å². The number of ether oxygens (including phenoxy) is 1. The number of nitrogens with zero attached hydrogens (tertiary/aromatic N) is 2. The Morgan fingerprint density at radius 1 is 1.48 bits per heavy atom. The van der Waals surface area contributed by atoms with Crippen LogP contribution in [0.25, 0.3) is 5.70 Å². The quantitative estimate of drug-likeness (QED) is 0.785. The van der Waals surface area contributed by atoms with Crippen LogP contribution in [-0.2, 0) is 16.1 Å². The standard InChI is InChI=1S/C14H20N4O3.C2H6/c1-2-18-13-10(8-16-18)12(11(7-15-13)14(19)20)17-9-3-5-21-6-4-9;1-2/h8-9,15,17H,2-7H2,1H3,(H,19,20);1-2H3. The van der Waals surface area contributed by atoms with Gasteiger partial charge in [0.25, 0.3) is 0 Å². The number of hydrogen-bond acceptors (Lipinski definition) is 5. The fourth-order valence-corrected chi connectivity index (χ4v) is 2.81. The molecule has 2 aliphatic rings. The molecule has 7 heteroatoms. The molecule has 1 aromatic rings. The molecule has 0 bridgehead atoms. The smallest absolute Gasteiger partial charge is 0.335 e. The van der Waals surface area contributed by atoms with Crippen LogP contribution in [0, 0.1) is 0 Å². The zero-order chi connectivity index (χ0) is 16.8. The van der Waals surface area contributed by atoms with Crippen LogP contribution < -0.4 is 10.6 Å². The Labute approximate surface area is 136 Å². The molecule has 0 aliphatic carbocycles. The molecular formula is C16H26N4O3. The second-order valence-corrected chi connectivity index (χ2v) is 5.27. The van der Waals surface area contributed by atoms with E-state index in [1.165, 1.54) is 0 Å². The SMILES string of the molecule is CC.CCn1ncc2c1NCC(C(=O)O)=C2NC1CCOCC1. The molecule has 0 amide bonds. The molecule has 0 saturated carbocycles. The van der Waals surface area contributed by atoms with Crippen molar-refractivity contribution in [1.82, 2.24) is 15.1 Å². The van der Waals surface area contributed by atoms with Crippen molar-refractivity contribution in [3.05, 3.63) is 17.3 Å². The maximum Gasteiger partial charge on any atom is 0.335 e. The first kappa shape index (κ1) is 17.3. The van der Waals surface area contributed by atoms with Gasteiger partial charge < -0.3 is 20.5 Å². The molecule has 3 rings (SSSR count). The van der Waals surface area contributed by atoms with Gasteiger partial charge in [-0.3, -0.25) is 0 Å². The van der Waals surface area contributed by atoms with Gasteiger partial charge in [-0.15, -0.1) is 0 Å². The molecule has 0 atom stereocenters. The average Bonchev–Trinajstić information content (AvgIpc) is 3.01. The Balaban J connectivity index is 0.000000924. The molecule has 1 saturated heterocycles. The van der Waals surface area contributed by atoms with Crippen LogP contribution in [0.4, 0.5) is 5.82 Å². The third kappa shape index (κ3) is 3.67. The molecule has 1 fully saturated rings. The summed E-state index contributed by atoms with van der Waals surface area (Å²) in [7, 11) is 0. The van der Waals surface area contributed by atoms with Crippen molar-refractivity contribution < 1.29 is 14.6 Å². The topological polar surface area (TPSA) is 88.4 Å². The van der Waals surface area contributed by atoms with E-state index in [0.29, 0.717) is 31.0 Å². The van der Waals surface area contributed by atoms with E-state index < -0.39 is 5.97 Å². The van der Waals surface area contributed by atoms with Gasteiger partial charge in [0.1, 0.15) is 5.82 Å². The lowest BCUT2D eigenvalue weighted by molar-refractivity contribution is -0.132. The van der Waals surface area contributed by atoms with Gasteiger partial charge in [-0.05, 0) is 19.8 Å². The molecule has 0 radical (unpaired) electrons. The van der Waals surface area contributed by atoms with E-state index in [1.807, 2.05) is 25.5 Å². The fraction of sp³-hybridized carbons (Fsp3) is 0.625. The summed E-state index contributed by atoms with van der Waals surface area (Å²) < 4.78 is 7.20. The average molecular weight is 322 g/mol. The number of fused-ring (bicyclic) bond motifs is 1. The number of aryl methyl sites for hydroxylation is 1. The first-order chi connectivity index (χ1) is 11.2. The Hall–Kier alpha value is -2.02. The summed E-state index contributed by atoms with van der Waals surface area (Å²) in [6.07, 6.45) is 3.51. The number of carboxylic acid groups (broad SMARTS) is 1. The van der Waals surface area contributed by atoms with E-state index in [2.05, 4.69) is 15.7 Å². The van der Waals surface area contributed by atoms with Crippen molar-refractivity contribution in [2.75, 3.05) is 25.1 Å². The van der Waals surface area contributed by atoms with E-state index >= 15 is 0 Å². The highest BCUT2D eigenvalue weighted by Crippen LogP contribution is 2.30. The van der Waals surface area contributed by atoms with Crippen LogP contribution in [-0.4, -0.2) is 46.7 Å². The summed E-state index contributed by atoms with van der Waals surface area (Å²) >= 11 is 0. The van der Waals surface area contributed by atoms with Crippen molar-refractivity contribution in [2.24, 2.45) is 0 Å². The van der Waals surface area contributed by atoms with E-state index in [4.69, 9.17) is 4.74 Å². The Morgan fingerprint density at radius 3 is 2.78 bits per heavy atom. The molecule has 3 N–H and O–H groups in total. The fourth-order valence-electron chi connectivity index (χ4n) is 2.81. The maximum absolute atomic E-state index is 11.5. The highest BCUT2D eigenvalue weighted by Gasteiger charge is 2.28. The third-order valence-electron chi connectivity index (χ3n) is 3.97. The number of nitrogens with one attached hydrogen (secondary N) is 2. The molecule has 128 valence electrons. The monoisotopic (exact) mass is 322 g/mol. The number of aromatic nitrogens is 2. The summed E-state index contributed by atoms with van der Waals surface area (Å²) in [6, 6.07) is 0.249. The zero-order valence-electron chi connectivity index (χ0n) is 14.1. The predicted molar refractivity (Wildman–Crippen MR) is 89.3 cm³/mol. The van der Waals surface area contributed by atoms with Gasteiger partial charge in [0.05, 0.1) is 29.6 Å². The summed E-state index contributed by atoms with van der Waals surface area (Å²) in [4.78, 5) is 11.5. The molecule has 1 aromatic heterocycles. The molecular weight excluding hydrogens is 296 g/mol. The summed E-state index contributed by atoms with van der Waals surface area (Å²) in [5, 5.41) is 20.3. The molecule has 0 unspecified atom stereocenters. The zero-order valence-corrected chi connectivity index (χ0v) is 14.1. The van der Waals surface area contributed by atoms with E-state index in [1.54, 1.807) is 6.20 Å². The van der Waals surface area contributed by atoms with Crippen molar-refractivity contribution in [2.45, 2.75) is 46.2 Å². The van der Waals surface area contributed by atoms with Gasteiger partial charge in [0.15, 0.2) is 0 Å². The van der Waals surface area contributed by atoms with Gasteiger partial charge >= 0.3 is 5.97 Å². The second kappa shape index (κ2) is 8.01. The lowest BCUT2D eigenvalue weighted by Gasteiger charge is -2.28. The van der Waals surface area contributed by atoms with Crippen LogP contribution >= 0.6 is 0 Å². The van der Waals surface area contributed by atoms with Crippen LogP contribution in [0.5, 0.6) is 0 Å². The van der Waals surface area contributed by atoms with Gasteiger partial charge in [0, 0.05) is 25.8 Å². The Kier molecular flexibility index (Phi) is 6.04. The van der Waals surface area contributed by atoms with Crippen LogP contribution in [0.2, 0.25) is 0 Å². The van der Waals surface area contributed by atoms with Crippen LogP contribution in [0.1, 0.15) is 39.2 Å². The Bertz CT molecular complexity index is 574. The third-order valence-corrected chi connectivity index (χ3v) is 3.97. The minimum Gasteiger partial charge on any atom is -0.478 e. The van der Waals surface area contributed by atoms with Crippen molar-refractivity contribution >= 4 is 17.5 Å². The van der Waals surface area contributed by atoms with Gasteiger partial charge in [-0.1, -0.05) is 13.8 Å². The molecule has 0 spiro atoms. The van der Waals surface area contributed by atoms with Crippen molar-refractivity contribution in [1.29, 1.82) is 0 Å². The van der Waals surface area contributed by atoms with E-state index in [0.717, 1.165) is 30.8 Å². The highest BCUT2D eigenvalue weighted by atomic mass is 16.5. The normalized spacial score (nSPS) is 17.7. The summed E-state index contributed by atoms with van der Waals surface area (Å²) in [5.74, 6) is -0.0102. The van der Waals surface area contributed by atoms with Crippen LogP contribution in [0.3, 0.4) is 0 Å². The predicted octanol–water partition coefficient (Wildman–Crippen LogP) is 1.92. The first-order valence-corrected chi connectivity index (χ1v) is 8.31. The molecule has 7 nitrogen and oxygen atoms in total. The highest BCUT2D eigenvalue weighted by molar-refractivity contribution is 5.99. The molecule has 3 heterocycles. The molecule has 23 heavy (non-hydrogen) atoms. The molecule has 2 aliphatic heterocycles. The minimum absolute atomic E-state index is 0.249. The lowest BCUT2D eigenvalue weighted by atomic mass is 10.0. The second-order valence-electron chi connectivity index (χ2n) is 5.27. The molecule has 0 aromatic carbocycles. The van der Waals surface area contributed by atoms with Gasteiger partial charge in [0.2, 0.25) is 0 Å². The number of rotatable bonds is 4. The number of carboxylic acids is 1. The first-order valence-electron chi connectivity index (χ1n) is 8.31. The minimum atomic E-state index is -0.896. The number of anilines is 1. The van der Waals surface area contributed by atoms with E-state index in [-0.39, 0.29) is 6.04 Å². The van der Waals surface area contributed by atoms with Gasteiger partial charge in [-0.2, -0.15) is 5.10 Å². The lowest BCUT2D eigenvalue weighted by Crippen LogP contribution is -2.36. The number of carbonyl (C=O) groups is 1. The maximum atomic E-state index is 11.5. The van der Waals surface area contributed by atoms with Crippen molar-refractivity contribution in [3.63, 3.8) is 0 Å². The summed E-state index contributed by atoms with van der Waals surface area (Å²) in [6.45, 7) is 8.49. The number of hydrogen-bond donors (Lipinski definition) is 3. The van der Waals surface area contributed by atoms with Gasteiger partial charge in [-0.25, -0.2) is 9.48 Å². The number of aliphatic carboxylic acids is 1. The van der Waals surface area contributed by atoms with E-state index in [9.17, 15) is 9.90 Å².